The third kappa shape index (κ3) is 6.36. The van der Waals surface area contributed by atoms with Crippen LogP contribution in [-0.2, 0) is 9.59 Å². The summed E-state index contributed by atoms with van der Waals surface area (Å²) in [6, 6.07) is 8.47. The van der Waals surface area contributed by atoms with E-state index in [1.54, 1.807) is 18.5 Å². The number of amides is 1. The minimum atomic E-state index is -0.680. The molecule has 6 nitrogen and oxygen atoms in total. The number of aromatic nitrogens is 2. The summed E-state index contributed by atoms with van der Waals surface area (Å²) in [7, 11) is 0. The number of pyridine rings is 2. The van der Waals surface area contributed by atoms with Gasteiger partial charge in [0.15, 0.2) is 0 Å². The van der Waals surface area contributed by atoms with Crippen LogP contribution < -0.4 is 10.9 Å². The predicted octanol–water partition coefficient (Wildman–Crippen LogP) is 5.57. The molecule has 36 heavy (non-hydrogen) atoms. The van der Waals surface area contributed by atoms with Gasteiger partial charge in [-0.25, -0.2) is 0 Å². The van der Waals surface area contributed by atoms with E-state index in [2.05, 4.69) is 36.3 Å². The summed E-state index contributed by atoms with van der Waals surface area (Å²) < 4.78 is 1.52. The lowest BCUT2D eigenvalue weighted by Crippen LogP contribution is -2.40. The second-order valence-electron chi connectivity index (χ2n) is 10.3. The molecule has 0 aliphatic rings. The molecule has 1 amide bonds. The molecule has 0 fully saturated rings. The number of aryl methyl sites for hydroxylation is 4. The largest absolute Gasteiger partial charge is 0.347 e. The van der Waals surface area contributed by atoms with E-state index >= 15 is 0 Å². The molecule has 0 radical (unpaired) electrons. The van der Waals surface area contributed by atoms with Crippen molar-refractivity contribution in [1.29, 1.82) is 0 Å². The first-order valence-electron chi connectivity index (χ1n) is 12.5. The highest BCUT2D eigenvalue weighted by atomic mass is 16.2. The SMILES string of the molecule is CC(=O)C[C@@H](NC(=O)[C@H](CC(C)C)n1cc(C)c(C)cc1=O)c1cncc(-c2c(C)cccc2C)c1. The minimum absolute atomic E-state index is 0.0402. The molecule has 3 aromatic rings. The van der Waals surface area contributed by atoms with Gasteiger partial charge in [-0.05, 0) is 86.4 Å². The Hall–Kier alpha value is -3.54. The Morgan fingerprint density at radius 1 is 0.972 bits per heavy atom. The smallest absolute Gasteiger partial charge is 0.251 e. The van der Waals surface area contributed by atoms with Crippen LogP contribution in [0.1, 0.15) is 73.5 Å². The van der Waals surface area contributed by atoms with Crippen molar-refractivity contribution in [3.8, 4) is 11.1 Å². The molecule has 0 saturated heterocycles. The molecule has 0 spiro atoms. The number of ketones is 1. The summed E-state index contributed by atoms with van der Waals surface area (Å²) in [6.07, 6.45) is 5.90. The third-order valence-corrected chi connectivity index (χ3v) is 6.62. The predicted molar refractivity (Wildman–Crippen MR) is 144 cm³/mol. The van der Waals surface area contributed by atoms with Crippen LogP contribution >= 0.6 is 0 Å². The van der Waals surface area contributed by atoms with Crippen LogP contribution in [0.4, 0.5) is 0 Å². The van der Waals surface area contributed by atoms with Crippen LogP contribution in [0.5, 0.6) is 0 Å². The molecule has 0 saturated carbocycles. The van der Waals surface area contributed by atoms with Crippen LogP contribution in [0.15, 0.2) is 53.7 Å². The van der Waals surface area contributed by atoms with Crippen molar-refractivity contribution in [2.24, 2.45) is 5.92 Å². The zero-order chi connectivity index (χ0) is 26.6. The standard InChI is InChI=1S/C30H37N3O3/c1-18(2)11-27(33-17-22(6)21(5)12-28(33)35)30(36)32-26(13-23(7)34)24-14-25(16-31-15-24)29-19(3)9-8-10-20(29)4/h8-10,12,14-18,26-27H,11,13H2,1-7H3,(H,32,36)/t26-,27+/m1/s1. The Bertz CT molecular complexity index is 1300. The highest BCUT2D eigenvalue weighted by Crippen LogP contribution is 2.30. The fourth-order valence-corrected chi connectivity index (χ4v) is 4.65. The number of nitrogens with zero attached hydrogens (tertiary/aromatic N) is 2. The van der Waals surface area contributed by atoms with Gasteiger partial charge in [-0.3, -0.25) is 19.4 Å². The van der Waals surface area contributed by atoms with Gasteiger partial charge in [-0.1, -0.05) is 32.0 Å². The summed E-state index contributed by atoms with van der Waals surface area (Å²) in [5, 5.41) is 3.08. The second-order valence-corrected chi connectivity index (χ2v) is 10.3. The van der Waals surface area contributed by atoms with Gasteiger partial charge in [-0.15, -0.1) is 0 Å². The molecule has 3 rings (SSSR count). The summed E-state index contributed by atoms with van der Waals surface area (Å²) in [5.74, 6) is -0.131. The highest BCUT2D eigenvalue weighted by Gasteiger charge is 2.27. The van der Waals surface area contributed by atoms with Crippen LogP contribution in [0.25, 0.3) is 11.1 Å². The van der Waals surface area contributed by atoms with Crippen molar-refractivity contribution in [3.63, 3.8) is 0 Å². The maximum absolute atomic E-state index is 13.7. The van der Waals surface area contributed by atoms with E-state index in [-0.39, 0.29) is 29.6 Å². The molecule has 0 aliphatic carbocycles. The number of hydrogen-bond acceptors (Lipinski definition) is 4. The fraction of sp³-hybridized carbons (Fsp3) is 0.400. The lowest BCUT2D eigenvalue weighted by Gasteiger charge is -2.26. The number of Topliss-reactive ketones (excluding diaryl/α,β-unsaturated/α-hetero) is 1. The molecule has 0 bridgehead atoms. The number of carbonyl (C=O) groups is 2. The van der Waals surface area contributed by atoms with Crippen molar-refractivity contribution in [2.75, 3.05) is 0 Å². The molecule has 1 aromatic carbocycles. The monoisotopic (exact) mass is 487 g/mol. The van der Waals surface area contributed by atoms with E-state index in [0.29, 0.717) is 6.42 Å². The van der Waals surface area contributed by atoms with Crippen molar-refractivity contribution < 1.29 is 9.59 Å². The summed E-state index contributed by atoms with van der Waals surface area (Å²) >= 11 is 0. The summed E-state index contributed by atoms with van der Waals surface area (Å²) in [4.78, 5) is 43.1. The van der Waals surface area contributed by atoms with E-state index in [0.717, 1.165) is 38.9 Å². The van der Waals surface area contributed by atoms with Gasteiger partial charge >= 0.3 is 0 Å². The first kappa shape index (κ1) is 27.1. The van der Waals surface area contributed by atoms with E-state index in [4.69, 9.17) is 0 Å². The number of rotatable bonds is 9. The van der Waals surface area contributed by atoms with E-state index < -0.39 is 12.1 Å². The topological polar surface area (TPSA) is 81.1 Å². The second kappa shape index (κ2) is 11.5. The molecule has 1 N–H and O–H groups in total. The van der Waals surface area contributed by atoms with Gasteiger partial charge < -0.3 is 9.88 Å². The lowest BCUT2D eigenvalue weighted by atomic mass is 9.94. The Morgan fingerprint density at radius 3 is 2.25 bits per heavy atom. The third-order valence-electron chi connectivity index (χ3n) is 6.62. The fourth-order valence-electron chi connectivity index (χ4n) is 4.65. The number of carbonyl (C=O) groups excluding carboxylic acids is 2. The molecular weight excluding hydrogens is 450 g/mol. The molecule has 2 heterocycles. The van der Waals surface area contributed by atoms with Crippen LogP contribution in [0.3, 0.4) is 0 Å². The van der Waals surface area contributed by atoms with Gasteiger partial charge in [0.05, 0.1) is 6.04 Å². The van der Waals surface area contributed by atoms with Crippen molar-refractivity contribution >= 4 is 11.7 Å². The quantitative estimate of drug-likeness (QED) is 0.428. The van der Waals surface area contributed by atoms with E-state index in [1.807, 2.05) is 46.0 Å². The van der Waals surface area contributed by atoms with Gasteiger partial charge in [-0.2, -0.15) is 0 Å². The van der Waals surface area contributed by atoms with Gasteiger partial charge in [0.1, 0.15) is 11.8 Å². The summed E-state index contributed by atoms with van der Waals surface area (Å²) in [5.41, 5.74) is 6.69. The molecule has 6 heteroatoms. The van der Waals surface area contributed by atoms with Crippen molar-refractivity contribution in [2.45, 2.75) is 73.4 Å². The molecule has 0 aliphatic heterocycles. The summed E-state index contributed by atoms with van der Waals surface area (Å²) in [6.45, 7) is 13.5. The molecule has 0 unspecified atom stereocenters. The average Bonchev–Trinajstić information content (AvgIpc) is 2.79. The molecule has 2 aromatic heterocycles. The molecule has 190 valence electrons. The lowest BCUT2D eigenvalue weighted by molar-refractivity contribution is -0.126. The number of benzene rings is 1. The number of nitrogens with one attached hydrogen (secondary N) is 1. The van der Waals surface area contributed by atoms with Gasteiger partial charge in [0.25, 0.3) is 5.56 Å². The van der Waals surface area contributed by atoms with Crippen LogP contribution in [0.2, 0.25) is 0 Å². The zero-order valence-electron chi connectivity index (χ0n) is 22.4. The average molecular weight is 488 g/mol. The van der Waals surface area contributed by atoms with Crippen molar-refractivity contribution in [3.05, 3.63) is 87.1 Å². The number of hydrogen-bond donors (Lipinski definition) is 1. The zero-order valence-corrected chi connectivity index (χ0v) is 22.4. The molecule has 2 atom stereocenters. The normalized spacial score (nSPS) is 12.9. The first-order chi connectivity index (χ1) is 17.0. The van der Waals surface area contributed by atoms with Gasteiger partial charge in [0, 0.05) is 36.6 Å². The maximum Gasteiger partial charge on any atom is 0.251 e. The Kier molecular flexibility index (Phi) is 8.62. The van der Waals surface area contributed by atoms with Crippen LogP contribution in [-0.4, -0.2) is 21.2 Å². The Balaban J connectivity index is 2.00. The van der Waals surface area contributed by atoms with Crippen molar-refractivity contribution in [1.82, 2.24) is 14.9 Å². The van der Waals surface area contributed by atoms with Crippen LogP contribution in [0, 0.1) is 33.6 Å². The first-order valence-corrected chi connectivity index (χ1v) is 12.5. The van der Waals surface area contributed by atoms with Gasteiger partial charge in [0.2, 0.25) is 5.91 Å². The van der Waals surface area contributed by atoms with E-state index in [9.17, 15) is 14.4 Å². The molecular formula is C30H37N3O3. The minimum Gasteiger partial charge on any atom is -0.347 e. The maximum atomic E-state index is 13.7. The Labute approximate surface area is 213 Å². The highest BCUT2D eigenvalue weighted by molar-refractivity contribution is 5.83. The Morgan fingerprint density at radius 2 is 1.64 bits per heavy atom. The van der Waals surface area contributed by atoms with E-state index in [1.165, 1.54) is 11.5 Å².